The van der Waals surface area contributed by atoms with Crippen molar-refractivity contribution < 1.29 is 28.7 Å². The monoisotopic (exact) mass is 301 g/mol. The number of nitrogens with one attached hydrogen (secondary N) is 2. The van der Waals surface area contributed by atoms with Gasteiger partial charge in [0, 0.05) is 37.3 Å². The fourth-order valence-corrected chi connectivity index (χ4v) is 1.88. The number of H-pyrrole nitrogens is 1. The molecule has 1 aromatic carbocycles. The van der Waals surface area contributed by atoms with Gasteiger partial charge in [0.05, 0.1) is 11.5 Å². The van der Waals surface area contributed by atoms with E-state index in [1.165, 1.54) is 6.07 Å². The van der Waals surface area contributed by atoms with E-state index in [2.05, 4.69) is 9.72 Å². The van der Waals surface area contributed by atoms with E-state index in [1.54, 1.807) is 0 Å². The van der Waals surface area contributed by atoms with E-state index in [-0.39, 0.29) is 21.4 Å². The van der Waals surface area contributed by atoms with Gasteiger partial charge < -0.3 is 19.9 Å². The van der Waals surface area contributed by atoms with Crippen molar-refractivity contribution in [2.75, 3.05) is 27.1 Å². The Kier molecular flexibility index (Phi) is 1.38. The van der Waals surface area contributed by atoms with Crippen LogP contribution in [0.4, 0.5) is 4.79 Å². The molecule has 2 heterocycles. The number of rotatable bonds is 5. The van der Waals surface area contributed by atoms with Crippen LogP contribution in [-0.2, 0) is 17.5 Å². The van der Waals surface area contributed by atoms with Crippen LogP contribution in [0.1, 0.15) is 30.3 Å². The zero-order valence-electron chi connectivity index (χ0n) is 24.7. The zero-order chi connectivity index (χ0) is 27.0. The maximum atomic E-state index is 11.6. The SMILES string of the molecule is [2H]c1[nH]c2ccc(C([2H])([2H])[C@]3([2H])NC(=O)OC3([2H])[2H])cc2c1C([2H])([2H])CN(C([2H])([2H])[2H])C([2H])([2H])[2H]. The number of fused-ring (bicyclic) bond motifs is 1. The molecule has 1 fully saturated rings. The van der Waals surface area contributed by atoms with Crippen LogP contribution in [0.15, 0.2) is 24.4 Å². The minimum atomic E-state index is -3.20. The van der Waals surface area contributed by atoms with E-state index in [4.69, 9.17) is 19.2 Å². The molecular formula is C16H21N3O2. The van der Waals surface area contributed by atoms with Crippen LogP contribution in [0.2, 0.25) is 0 Å². The molecule has 112 valence electrons. The molecule has 3 rings (SSSR count). The van der Waals surface area contributed by atoms with Crippen molar-refractivity contribution in [2.24, 2.45) is 0 Å². The molecule has 1 aliphatic rings. The van der Waals surface area contributed by atoms with Gasteiger partial charge in [-0.1, -0.05) is 6.07 Å². The number of cyclic esters (lactones) is 1. The first kappa shape index (κ1) is 5.02. The number of aromatic nitrogens is 1. The molecule has 5 nitrogen and oxygen atoms in total. The lowest BCUT2D eigenvalue weighted by atomic mass is 10.0. The van der Waals surface area contributed by atoms with Crippen LogP contribution in [0.5, 0.6) is 0 Å². The Morgan fingerprint density at radius 1 is 1.67 bits per heavy atom. The Morgan fingerprint density at radius 3 is 3.33 bits per heavy atom. The molecule has 2 aromatic rings. The maximum Gasteiger partial charge on any atom is 0.407 e. The standard InChI is InChI=1S/C16H21N3O2/c1-19(2)6-5-12-9-17-15-4-3-11(8-14(12)15)7-13-10-21-16(20)18-13/h3-4,8-9,13,17H,5-7,10H2,1-2H3,(H,18,20)/t13-/m0/s1/i1D3,2D3,5D2,7D2,9D,10D2,13D. The number of benzene rings is 1. The number of carbonyl (C=O) groups excluding carboxylic acids is 1. The van der Waals surface area contributed by atoms with Gasteiger partial charge in [-0.2, -0.15) is 0 Å². The van der Waals surface area contributed by atoms with E-state index in [0.29, 0.717) is 0 Å². The second-order valence-corrected chi connectivity index (χ2v) is 4.26. The second kappa shape index (κ2) is 5.77. The molecule has 2 N–H and O–H groups in total. The molecule has 0 saturated carbocycles. The molecule has 1 atom stereocenters. The van der Waals surface area contributed by atoms with Crippen molar-refractivity contribution in [3.8, 4) is 0 Å². The van der Waals surface area contributed by atoms with Gasteiger partial charge in [0.15, 0.2) is 0 Å². The quantitative estimate of drug-likeness (QED) is 0.887. The van der Waals surface area contributed by atoms with Crippen LogP contribution in [0.3, 0.4) is 0 Å². The van der Waals surface area contributed by atoms with Gasteiger partial charge in [-0.15, -0.1) is 0 Å². The van der Waals surface area contributed by atoms with Gasteiger partial charge >= 0.3 is 6.09 Å². The number of alkyl carbamates (subject to hydrolysis) is 1. The lowest BCUT2D eigenvalue weighted by molar-refractivity contribution is 0.177. The Bertz CT molecular complexity index is 1140. The average molecular weight is 301 g/mol. The predicted octanol–water partition coefficient (Wildman–Crippen LogP) is 1.92. The van der Waals surface area contributed by atoms with Crippen molar-refractivity contribution in [1.82, 2.24) is 15.2 Å². The molecule has 1 amide bonds. The highest BCUT2D eigenvalue weighted by Crippen LogP contribution is 2.21. The highest BCUT2D eigenvalue weighted by atomic mass is 16.6. The summed E-state index contributed by atoms with van der Waals surface area (Å²) in [5.74, 6) is 0. The molecule has 0 radical (unpaired) electrons. The summed E-state index contributed by atoms with van der Waals surface area (Å²) >= 11 is 0. The molecule has 0 spiro atoms. The smallest absolute Gasteiger partial charge is 0.407 e. The summed E-state index contributed by atoms with van der Waals surface area (Å²) in [5.41, 5.74) is -0.719. The van der Waals surface area contributed by atoms with Crippen LogP contribution in [0, 0.1) is 0 Å². The molecule has 1 aliphatic heterocycles. The fraction of sp³-hybridized carbons (Fsp3) is 0.438. The fourth-order valence-electron chi connectivity index (χ4n) is 1.88. The van der Waals surface area contributed by atoms with Crippen molar-refractivity contribution in [1.29, 1.82) is 0 Å². The van der Waals surface area contributed by atoms with Gasteiger partial charge in [0.2, 0.25) is 0 Å². The highest BCUT2D eigenvalue weighted by Gasteiger charge is 2.22. The molecule has 21 heavy (non-hydrogen) atoms. The van der Waals surface area contributed by atoms with Crippen LogP contribution in [0.25, 0.3) is 10.9 Å². The van der Waals surface area contributed by atoms with Gasteiger partial charge in [-0.3, -0.25) is 0 Å². The lowest BCUT2D eigenvalue weighted by Gasteiger charge is -2.09. The number of hydrogen-bond acceptors (Lipinski definition) is 3. The minimum Gasteiger partial charge on any atom is -0.447 e. The van der Waals surface area contributed by atoms with Crippen LogP contribution < -0.4 is 5.32 Å². The summed E-state index contributed by atoms with van der Waals surface area (Å²) in [5, 5.41) is 1.70. The first-order valence-corrected chi connectivity index (χ1v) is 5.97. The summed E-state index contributed by atoms with van der Waals surface area (Å²) in [7, 11) is 0. The van der Waals surface area contributed by atoms with E-state index < -0.39 is 63.6 Å². The topological polar surface area (TPSA) is 57.4 Å². The third-order valence-corrected chi connectivity index (χ3v) is 2.77. The van der Waals surface area contributed by atoms with E-state index in [1.807, 2.05) is 5.32 Å². The first-order valence-electron chi connectivity index (χ1n) is 13.0. The van der Waals surface area contributed by atoms with E-state index in [9.17, 15) is 4.79 Å². The summed E-state index contributed by atoms with van der Waals surface area (Å²) < 4.78 is 115. The molecule has 0 aliphatic carbocycles. The van der Waals surface area contributed by atoms with Gasteiger partial charge in [0.25, 0.3) is 0 Å². The maximum absolute atomic E-state index is 11.6. The van der Waals surface area contributed by atoms with Crippen molar-refractivity contribution in [3.05, 3.63) is 35.5 Å². The predicted molar refractivity (Wildman–Crippen MR) is 82.5 cm³/mol. The number of amides is 1. The number of aromatic amines is 1. The number of carbonyl (C=O) groups is 1. The molecule has 1 aromatic heterocycles. The van der Waals surface area contributed by atoms with E-state index in [0.717, 1.165) is 12.1 Å². The lowest BCUT2D eigenvalue weighted by Crippen LogP contribution is -2.28. The van der Waals surface area contributed by atoms with E-state index >= 15 is 0 Å². The van der Waals surface area contributed by atoms with Gasteiger partial charge in [-0.05, 0) is 50.0 Å². The number of nitrogens with zero attached hydrogens (tertiary/aromatic N) is 1. The van der Waals surface area contributed by atoms with Gasteiger partial charge in [-0.25, -0.2) is 4.79 Å². The minimum absolute atomic E-state index is 0.000126. The van der Waals surface area contributed by atoms with Crippen LogP contribution in [-0.4, -0.2) is 49.1 Å². The number of ether oxygens (including phenoxy) is 1. The number of likely N-dealkylation sites (N-methyl/N-ethyl adjacent to an activating group) is 1. The summed E-state index contributed by atoms with van der Waals surface area (Å²) in [4.78, 5) is 14.1. The number of hydrogen-bond donors (Lipinski definition) is 2. The summed E-state index contributed by atoms with van der Waals surface area (Å²) in [6, 6.07) is 0.472. The average Bonchev–Trinajstić information content (AvgIpc) is 3.09. The summed E-state index contributed by atoms with van der Waals surface area (Å²) in [6.45, 7) is -10.6. The van der Waals surface area contributed by atoms with Gasteiger partial charge in [0.1, 0.15) is 6.56 Å². The molecule has 1 saturated heterocycles. The molecule has 5 heteroatoms. The Hall–Kier alpha value is -2.01. The van der Waals surface area contributed by atoms with Crippen molar-refractivity contribution in [3.63, 3.8) is 0 Å². The molecular weight excluding hydrogens is 266 g/mol. The summed E-state index contributed by atoms with van der Waals surface area (Å²) in [6.07, 6.45) is -7.55. The Labute approximate surface area is 143 Å². The van der Waals surface area contributed by atoms with Crippen LogP contribution >= 0.6 is 0 Å². The Morgan fingerprint density at radius 2 is 2.57 bits per heavy atom. The normalized spacial score (nSPS) is 36.5. The van der Waals surface area contributed by atoms with Crippen molar-refractivity contribution in [2.45, 2.75) is 18.8 Å². The molecule has 0 bridgehead atoms. The third-order valence-electron chi connectivity index (χ3n) is 2.77. The Balaban J connectivity index is 2.15. The van der Waals surface area contributed by atoms with Crippen molar-refractivity contribution >= 4 is 17.0 Å². The molecule has 0 unspecified atom stereocenters. The largest absolute Gasteiger partial charge is 0.447 e. The highest BCUT2D eigenvalue weighted by molar-refractivity contribution is 5.84. The second-order valence-electron chi connectivity index (χ2n) is 4.26. The zero-order valence-corrected chi connectivity index (χ0v) is 10.7. The third kappa shape index (κ3) is 3.19. The first-order chi connectivity index (χ1) is 15.5.